The second-order valence-electron chi connectivity index (χ2n) is 4.78. The number of hydrogen-bond acceptors (Lipinski definition) is 3. The van der Waals surface area contributed by atoms with E-state index in [0.29, 0.717) is 10.9 Å². The largest absolute Gasteiger partial charge is 0.245 e. The number of pyridine rings is 1. The Morgan fingerprint density at radius 3 is 2.95 bits per heavy atom. The van der Waals surface area contributed by atoms with Crippen LogP contribution < -0.4 is 0 Å². The number of fused-ring (bicyclic) bond motifs is 1. The monoisotopic (exact) mass is 285 g/mol. The third-order valence-corrected chi connectivity index (χ3v) is 4.65. The summed E-state index contributed by atoms with van der Waals surface area (Å²) in [5, 5.41) is 4.71. The molecule has 0 bridgehead atoms. The highest BCUT2D eigenvalue weighted by Crippen LogP contribution is 2.42. The molecule has 2 nitrogen and oxygen atoms in total. The summed E-state index contributed by atoms with van der Waals surface area (Å²) in [7, 11) is 0. The van der Waals surface area contributed by atoms with E-state index < -0.39 is 0 Å². The van der Waals surface area contributed by atoms with Gasteiger partial charge in [-0.15, -0.1) is 11.3 Å². The standard InChI is InChI=1S/C15H10ClN2S/c16-14-10-3-1-2-4-12(10)17-7-11(14)15-18-13(8-19-15)9-5-6-9/h1-4,8-9H,5-6H2. The molecule has 1 aliphatic rings. The van der Waals surface area contributed by atoms with Crippen LogP contribution in [0.2, 0.25) is 5.02 Å². The number of nitrogens with zero attached hydrogens (tertiary/aromatic N) is 2. The van der Waals surface area contributed by atoms with Crippen LogP contribution in [0.25, 0.3) is 21.5 Å². The van der Waals surface area contributed by atoms with E-state index in [1.807, 2.05) is 24.3 Å². The first-order valence-corrected chi connectivity index (χ1v) is 7.50. The minimum absolute atomic E-state index is 0.664. The number of benzene rings is 1. The van der Waals surface area contributed by atoms with E-state index in [-0.39, 0.29) is 0 Å². The minimum Gasteiger partial charge on any atom is -0.245 e. The van der Waals surface area contributed by atoms with E-state index in [2.05, 4.69) is 21.5 Å². The number of aromatic nitrogens is 2. The van der Waals surface area contributed by atoms with Crippen LogP contribution in [0.5, 0.6) is 0 Å². The first-order valence-electron chi connectivity index (χ1n) is 6.24. The van der Waals surface area contributed by atoms with Gasteiger partial charge >= 0.3 is 0 Å². The van der Waals surface area contributed by atoms with Crippen molar-refractivity contribution in [3.63, 3.8) is 0 Å². The first kappa shape index (κ1) is 11.4. The SMILES string of the molecule is Clc1c(-c2nc(C3CC3)cs2)[c]nc2ccccc12. The molecular formula is C15H10ClN2S. The van der Waals surface area contributed by atoms with Crippen LogP contribution in [-0.2, 0) is 0 Å². The van der Waals surface area contributed by atoms with Crippen molar-refractivity contribution < 1.29 is 0 Å². The molecule has 1 fully saturated rings. The van der Waals surface area contributed by atoms with Gasteiger partial charge in [-0.3, -0.25) is 0 Å². The lowest BCUT2D eigenvalue weighted by molar-refractivity contribution is 1.05. The van der Waals surface area contributed by atoms with Gasteiger partial charge in [-0.1, -0.05) is 29.8 Å². The lowest BCUT2D eigenvalue weighted by Crippen LogP contribution is -1.86. The fourth-order valence-corrected chi connectivity index (χ4v) is 3.41. The molecule has 2 heterocycles. The van der Waals surface area contributed by atoms with Gasteiger partial charge in [0.1, 0.15) is 11.2 Å². The highest BCUT2D eigenvalue weighted by atomic mass is 35.5. The van der Waals surface area contributed by atoms with Crippen LogP contribution >= 0.6 is 22.9 Å². The normalized spacial score (nSPS) is 15.0. The molecule has 2 aromatic heterocycles. The van der Waals surface area contributed by atoms with Crippen molar-refractivity contribution in [2.24, 2.45) is 0 Å². The van der Waals surface area contributed by atoms with Crippen molar-refractivity contribution in [1.82, 2.24) is 9.97 Å². The van der Waals surface area contributed by atoms with Crippen molar-refractivity contribution >= 4 is 33.8 Å². The van der Waals surface area contributed by atoms with Crippen molar-refractivity contribution in [2.75, 3.05) is 0 Å². The zero-order chi connectivity index (χ0) is 12.8. The molecule has 1 aliphatic carbocycles. The second-order valence-corrected chi connectivity index (χ2v) is 6.02. The minimum atomic E-state index is 0.664. The van der Waals surface area contributed by atoms with Crippen molar-refractivity contribution in [1.29, 1.82) is 0 Å². The molecule has 1 radical (unpaired) electrons. The fourth-order valence-electron chi connectivity index (χ4n) is 2.17. The molecule has 0 unspecified atom stereocenters. The molecule has 4 rings (SSSR count). The van der Waals surface area contributed by atoms with E-state index in [9.17, 15) is 0 Å². The predicted octanol–water partition coefficient (Wildman–Crippen LogP) is 4.69. The molecule has 0 saturated heterocycles. The van der Waals surface area contributed by atoms with Gasteiger partial charge in [0.25, 0.3) is 0 Å². The number of rotatable bonds is 2. The Kier molecular flexibility index (Phi) is 2.57. The van der Waals surface area contributed by atoms with Gasteiger partial charge in [-0.2, -0.15) is 0 Å². The average molecular weight is 286 g/mol. The van der Waals surface area contributed by atoms with Gasteiger partial charge in [0.15, 0.2) is 0 Å². The summed E-state index contributed by atoms with van der Waals surface area (Å²) < 4.78 is 0. The van der Waals surface area contributed by atoms with Gasteiger partial charge in [-0.05, 0) is 18.9 Å². The van der Waals surface area contributed by atoms with Crippen LogP contribution in [0.15, 0.2) is 29.6 Å². The van der Waals surface area contributed by atoms with E-state index in [0.717, 1.165) is 21.5 Å². The van der Waals surface area contributed by atoms with E-state index in [1.165, 1.54) is 18.5 Å². The van der Waals surface area contributed by atoms with Gasteiger partial charge in [0.2, 0.25) is 0 Å². The quantitative estimate of drug-likeness (QED) is 0.683. The average Bonchev–Trinajstić information content (AvgIpc) is 3.18. The van der Waals surface area contributed by atoms with Gasteiger partial charge < -0.3 is 0 Å². The van der Waals surface area contributed by atoms with E-state index >= 15 is 0 Å². The molecule has 1 saturated carbocycles. The number of para-hydroxylation sites is 1. The third-order valence-electron chi connectivity index (χ3n) is 3.38. The number of halogens is 1. The fraction of sp³-hybridized carbons (Fsp3) is 0.200. The molecule has 93 valence electrons. The summed E-state index contributed by atoms with van der Waals surface area (Å²) in [6, 6.07) is 7.85. The van der Waals surface area contributed by atoms with E-state index in [1.54, 1.807) is 11.3 Å². The van der Waals surface area contributed by atoms with Crippen LogP contribution in [-0.4, -0.2) is 9.97 Å². The maximum atomic E-state index is 6.48. The Hall–Kier alpha value is -1.45. The molecule has 0 aliphatic heterocycles. The Morgan fingerprint density at radius 1 is 1.26 bits per heavy atom. The Balaban J connectivity index is 1.87. The zero-order valence-electron chi connectivity index (χ0n) is 10.1. The van der Waals surface area contributed by atoms with Crippen molar-refractivity contribution in [3.05, 3.63) is 46.6 Å². The molecule has 3 aromatic rings. The lowest BCUT2D eigenvalue weighted by Gasteiger charge is -2.03. The van der Waals surface area contributed by atoms with Crippen LogP contribution in [0.3, 0.4) is 0 Å². The number of thiazole rings is 1. The molecule has 0 atom stereocenters. The summed E-state index contributed by atoms with van der Waals surface area (Å²) >= 11 is 8.10. The summed E-state index contributed by atoms with van der Waals surface area (Å²) in [6.45, 7) is 0. The highest BCUT2D eigenvalue weighted by Gasteiger charge is 2.26. The van der Waals surface area contributed by atoms with Gasteiger partial charge in [0.05, 0.1) is 21.8 Å². The molecule has 19 heavy (non-hydrogen) atoms. The van der Waals surface area contributed by atoms with Gasteiger partial charge in [-0.25, -0.2) is 9.97 Å². The maximum Gasteiger partial charge on any atom is 0.127 e. The molecule has 0 amide bonds. The topological polar surface area (TPSA) is 25.8 Å². The summed E-state index contributed by atoms with van der Waals surface area (Å²) in [5.41, 5.74) is 2.88. The first-order chi connectivity index (χ1) is 9.33. The second kappa shape index (κ2) is 4.29. The van der Waals surface area contributed by atoms with Crippen LogP contribution in [0.4, 0.5) is 0 Å². The molecule has 0 spiro atoms. The molecular weight excluding hydrogens is 276 g/mol. The summed E-state index contributed by atoms with van der Waals surface area (Å²) in [4.78, 5) is 9.02. The van der Waals surface area contributed by atoms with Crippen molar-refractivity contribution in [3.8, 4) is 10.6 Å². The predicted molar refractivity (Wildman–Crippen MR) is 78.7 cm³/mol. The highest BCUT2D eigenvalue weighted by molar-refractivity contribution is 7.13. The van der Waals surface area contributed by atoms with Gasteiger partial charge in [0, 0.05) is 16.7 Å². The lowest BCUT2D eigenvalue weighted by atomic mass is 10.1. The number of hydrogen-bond donors (Lipinski definition) is 0. The molecule has 4 heteroatoms. The summed E-state index contributed by atoms with van der Waals surface area (Å²) in [5.74, 6) is 0.664. The van der Waals surface area contributed by atoms with Crippen LogP contribution in [0, 0.1) is 6.20 Å². The third kappa shape index (κ3) is 1.94. The summed E-state index contributed by atoms with van der Waals surface area (Å²) in [6.07, 6.45) is 5.56. The van der Waals surface area contributed by atoms with Crippen LogP contribution in [0.1, 0.15) is 24.5 Å². The Bertz CT molecular complexity index is 762. The molecule has 0 N–H and O–H groups in total. The Labute approximate surface area is 120 Å². The Morgan fingerprint density at radius 2 is 2.11 bits per heavy atom. The maximum absolute atomic E-state index is 6.48. The van der Waals surface area contributed by atoms with E-state index in [4.69, 9.17) is 11.6 Å². The van der Waals surface area contributed by atoms with Crippen molar-refractivity contribution in [2.45, 2.75) is 18.8 Å². The molecule has 1 aromatic carbocycles. The smallest absolute Gasteiger partial charge is 0.127 e. The zero-order valence-corrected chi connectivity index (χ0v) is 11.6.